The predicted molar refractivity (Wildman–Crippen MR) is 76.1 cm³/mol. The van der Waals surface area contributed by atoms with Crippen LogP contribution in [-0.4, -0.2) is 23.5 Å². The summed E-state index contributed by atoms with van der Waals surface area (Å²) in [6.07, 6.45) is 1.64. The number of ether oxygens (including phenoxy) is 1. The van der Waals surface area contributed by atoms with E-state index in [0.29, 0.717) is 5.02 Å². The highest BCUT2D eigenvalue weighted by Crippen LogP contribution is 2.29. The Morgan fingerprint density at radius 1 is 1.45 bits per heavy atom. The van der Waals surface area contributed by atoms with E-state index < -0.39 is 4.92 Å². The third kappa shape index (κ3) is 4.70. The molecule has 0 spiro atoms. The molecular weight excluding hydrogens is 284 g/mol. The molecule has 20 heavy (non-hydrogen) atoms. The number of carbonyl (C=O) groups excluding carboxylic acids is 1. The van der Waals surface area contributed by atoms with Crippen LogP contribution in [0.1, 0.15) is 26.7 Å². The van der Waals surface area contributed by atoms with Crippen LogP contribution in [0.15, 0.2) is 18.2 Å². The molecule has 0 fully saturated rings. The lowest BCUT2D eigenvalue weighted by atomic mass is 10.2. The molecule has 6 nitrogen and oxygen atoms in total. The molecule has 0 bridgehead atoms. The lowest BCUT2D eigenvalue weighted by molar-refractivity contribution is -0.385. The van der Waals surface area contributed by atoms with E-state index in [1.165, 1.54) is 18.2 Å². The van der Waals surface area contributed by atoms with Gasteiger partial charge in [-0.05, 0) is 18.9 Å². The van der Waals surface area contributed by atoms with Crippen molar-refractivity contribution in [2.24, 2.45) is 0 Å². The first-order valence-corrected chi connectivity index (χ1v) is 6.71. The van der Waals surface area contributed by atoms with E-state index in [2.05, 4.69) is 5.32 Å². The first-order chi connectivity index (χ1) is 9.47. The van der Waals surface area contributed by atoms with E-state index in [1.54, 1.807) is 0 Å². The topological polar surface area (TPSA) is 81.5 Å². The second kappa shape index (κ2) is 7.69. The maximum Gasteiger partial charge on any atom is 0.311 e. The lowest BCUT2D eigenvalue weighted by Crippen LogP contribution is -2.37. The molecule has 1 rings (SSSR count). The van der Waals surface area contributed by atoms with Crippen molar-refractivity contribution >= 4 is 23.2 Å². The highest BCUT2D eigenvalue weighted by Gasteiger charge is 2.17. The van der Waals surface area contributed by atoms with Crippen LogP contribution in [0, 0.1) is 10.1 Å². The number of benzene rings is 1. The number of nitro benzene ring substituents is 1. The van der Waals surface area contributed by atoms with Gasteiger partial charge in [-0.2, -0.15) is 0 Å². The molecule has 0 unspecified atom stereocenters. The van der Waals surface area contributed by atoms with Crippen LogP contribution in [0.3, 0.4) is 0 Å². The molecule has 0 atom stereocenters. The fourth-order valence-electron chi connectivity index (χ4n) is 1.66. The van der Waals surface area contributed by atoms with Gasteiger partial charge in [0.15, 0.2) is 12.4 Å². The summed E-state index contributed by atoms with van der Waals surface area (Å²) >= 11 is 5.76. The summed E-state index contributed by atoms with van der Waals surface area (Å²) in [7, 11) is 0. The Hall–Kier alpha value is -1.82. The molecule has 110 valence electrons. The zero-order valence-electron chi connectivity index (χ0n) is 11.4. The Morgan fingerprint density at radius 2 is 2.10 bits per heavy atom. The minimum absolute atomic E-state index is 0.0119. The van der Waals surface area contributed by atoms with Gasteiger partial charge in [0.1, 0.15) is 0 Å². The summed E-state index contributed by atoms with van der Waals surface area (Å²) in [5.41, 5.74) is -0.218. The van der Waals surface area contributed by atoms with Crippen molar-refractivity contribution in [2.45, 2.75) is 32.7 Å². The van der Waals surface area contributed by atoms with Crippen LogP contribution < -0.4 is 10.1 Å². The quantitative estimate of drug-likeness (QED) is 0.620. The number of rotatable bonds is 7. The Balaban J connectivity index is 2.67. The summed E-state index contributed by atoms with van der Waals surface area (Å²) in [6.45, 7) is 3.66. The number of amides is 1. The Bertz CT molecular complexity index is 489. The monoisotopic (exact) mass is 300 g/mol. The molecule has 1 amide bonds. The zero-order chi connectivity index (χ0) is 15.1. The van der Waals surface area contributed by atoms with Crippen molar-refractivity contribution in [1.29, 1.82) is 0 Å². The van der Waals surface area contributed by atoms with Crippen molar-refractivity contribution in [3.05, 3.63) is 33.3 Å². The summed E-state index contributed by atoms with van der Waals surface area (Å²) in [6, 6.07) is 4.05. The smallest absolute Gasteiger partial charge is 0.311 e. The fraction of sp³-hybridized carbons (Fsp3) is 0.462. The minimum atomic E-state index is -0.579. The molecule has 0 aliphatic rings. The Labute approximate surface area is 122 Å². The number of hydrogen-bond acceptors (Lipinski definition) is 4. The van der Waals surface area contributed by atoms with E-state index in [1.807, 2.05) is 13.8 Å². The number of hydrogen-bond donors (Lipinski definition) is 1. The molecule has 7 heteroatoms. The standard InChI is InChI=1S/C13H17ClN2O4/c1-3-10(4-2)15-13(17)8-20-12-7-9(14)5-6-11(12)16(18)19/h5-7,10H,3-4,8H2,1-2H3,(H,15,17). The van der Waals surface area contributed by atoms with Gasteiger partial charge in [0, 0.05) is 23.2 Å². The largest absolute Gasteiger partial charge is 0.477 e. The third-order valence-corrected chi connectivity index (χ3v) is 3.06. The van der Waals surface area contributed by atoms with Gasteiger partial charge in [-0.15, -0.1) is 0 Å². The molecule has 0 aromatic heterocycles. The van der Waals surface area contributed by atoms with Gasteiger partial charge in [0.2, 0.25) is 0 Å². The second-order valence-corrected chi connectivity index (χ2v) is 4.68. The van der Waals surface area contributed by atoms with Gasteiger partial charge < -0.3 is 10.1 Å². The molecular formula is C13H17ClN2O4. The van der Waals surface area contributed by atoms with E-state index in [9.17, 15) is 14.9 Å². The van der Waals surface area contributed by atoms with E-state index in [0.717, 1.165) is 12.8 Å². The van der Waals surface area contributed by atoms with Crippen molar-refractivity contribution in [3.8, 4) is 5.75 Å². The van der Waals surface area contributed by atoms with Gasteiger partial charge in [-0.3, -0.25) is 14.9 Å². The molecule has 0 aliphatic heterocycles. The summed E-state index contributed by atoms with van der Waals surface area (Å²) in [5.74, 6) is -0.324. The highest BCUT2D eigenvalue weighted by atomic mass is 35.5. The van der Waals surface area contributed by atoms with Crippen molar-refractivity contribution in [3.63, 3.8) is 0 Å². The Morgan fingerprint density at radius 3 is 2.65 bits per heavy atom. The summed E-state index contributed by atoms with van der Waals surface area (Å²) < 4.78 is 5.19. The summed E-state index contributed by atoms with van der Waals surface area (Å²) in [5, 5.41) is 13.9. The van der Waals surface area contributed by atoms with E-state index >= 15 is 0 Å². The lowest BCUT2D eigenvalue weighted by Gasteiger charge is -2.15. The number of nitro groups is 1. The number of nitrogens with one attached hydrogen (secondary N) is 1. The molecule has 1 aromatic carbocycles. The molecule has 0 saturated heterocycles. The van der Waals surface area contributed by atoms with Crippen LogP contribution in [0.4, 0.5) is 5.69 Å². The van der Waals surface area contributed by atoms with Crippen LogP contribution in [0.25, 0.3) is 0 Å². The molecule has 0 radical (unpaired) electrons. The third-order valence-electron chi connectivity index (χ3n) is 2.83. The average molecular weight is 301 g/mol. The van der Waals surface area contributed by atoms with Crippen LogP contribution in [0.5, 0.6) is 5.75 Å². The molecule has 0 aliphatic carbocycles. The van der Waals surface area contributed by atoms with Crippen LogP contribution in [-0.2, 0) is 4.79 Å². The van der Waals surface area contributed by atoms with E-state index in [4.69, 9.17) is 16.3 Å². The van der Waals surface area contributed by atoms with E-state index in [-0.39, 0.29) is 30.0 Å². The maximum absolute atomic E-state index is 11.7. The number of halogens is 1. The highest BCUT2D eigenvalue weighted by molar-refractivity contribution is 6.30. The molecule has 0 heterocycles. The van der Waals surface area contributed by atoms with Crippen molar-refractivity contribution in [1.82, 2.24) is 5.32 Å². The van der Waals surface area contributed by atoms with Crippen molar-refractivity contribution in [2.75, 3.05) is 6.61 Å². The first-order valence-electron chi connectivity index (χ1n) is 6.34. The van der Waals surface area contributed by atoms with Gasteiger partial charge in [-0.25, -0.2) is 0 Å². The van der Waals surface area contributed by atoms with Gasteiger partial charge in [-0.1, -0.05) is 25.4 Å². The number of nitrogens with zero attached hydrogens (tertiary/aromatic N) is 1. The molecule has 1 aromatic rings. The second-order valence-electron chi connectivity index (χ2n) is 4.24. The Kier molecular flexibility index (Phi) is 6.24. The van der Waals surface area contributed by atoms with Crippen LogP contribution >= 0.6 is 11.6 Å². The SMILES string of the molecule is CCC(CC)NC(=O)COc1cc(Cl)ccc1[N+](=O)[O-]. The normalized spacial score (nSPS) is 10.4. The van der Waals surface area contributed by atoms with Crippen molar-refractivity contribution < 1.29 is 14.5 Å². The minimum Gasteiger partial charge on any atom is -0.477 e. The number of carbonyl (C=O) groups is 1. The fourth-order valence-corrected chi connectivity index (χ4v) is 1.82. The average Bonchev–Trinajstić information content (AvgIpc) is 2.42. The van der Waals surface area contributed by atoms with Gasteiger partial charge in [0.25, 0.3) is 5.91 Å². The van der Waals surface area contributed by atoms with Crippen LogP contribution in [0.2, 0.25) is 5.02 Å². The first kappa shape index (κ1) is 16.2. The summed E-state index contributed by atoms with van der Waals surface area (Å²) in [4.78, 5) is 21.9. The zero-order valence-corrected chi connectivity index (χ0v) is 12.1. The van der Waals surface area contributed by atoms with Gasteiger partial charge >= 0.3 is 5.69 Å². The van der Waals surface area contributed by atoms with Gasteiger partial charge in [0.05, 0.1) is 4.92 Å². The molecule has 1 N–H and O–H groups in total. The predicted octanol–water partition coefficient (Wildman–Crippen LogP) is 2.93. The maximum atomic E-state index is 11.7. The molecule has 0 saturated carbocycles.